The molecular formula is C65H70O11. The van der Waals surface area contributed by atoms with Gasteiger partial charge in [-0.1, -0.05) is 218 Å². The molecule has 0 radical (unpaired) electrons. The molecular weight excluding hydrogens is 957 g/mol. The second kappa shape index (κ2) is 29.4. The molecule has 7 aromatic rings. The molecule has 11 nitrogen and oxygen atoms in total. The molecule has 11 atom stereocenters. The Bertz CT molecular complexity index is 2670. The zero-order chi connectivity index (χ0) is 52.0. The van der Waals surface area contributed by atoms with E-state index in [0.29, 0.717) is 13.2 Å². The quantitative estimate of drug-likeness (QED) is 0.0438. The molecule has 2 aliphatic rings. The van der Waals surface area contributed by atoms with Gasteiger partial charge in [0.2, 0.25) is 0 Å². The third-order valence-corrected chi connectivity index (χ3v) is 13.4. The zero-order valence-electron chi connectivity index (χ0n) is 43.2. The van der Waals surface area contributed by atoms with Crippen LogP contribution >= 0.6 is 0 Å². The van der Waals surface area contributed by atoms with E-state index in [-0.39, 0.29) is 46.2 Å². The van der Waals surface area contributed by atoms with Crippen LogP contribution in [0.4, 0.5) is 0 Å². The third-order valence-electron chi connectivity index (χ3n) is 13.4. The predicted octanol–water partition coefficient (Wildman–Crippen LogP) is 11.8. The van der Waals surface area contributed by atoms with E-state index in [1.165, 1.54) is 0 Å². The molecule has 0 bridgehead atoms. The van der Waals surface area contributed by atoms with Crippen LogP contribution in [0.2, 0.25) is 0 Å². The van der Waals surface area contributed by atoms with Crippen LogP contribution < -0.4 is 0 Å². The molecule has 0 aliphatic carbocycles. The van der Waals surface area contributed by atoms with Crippen LogP contribution in [-0.2, 0) is 98.4 Å². The van der Waals surface area contributed by atoms with Crippen LogP contribution in [0.5, 0.6) is 0 Å². The fourth-order valence-corrected chi connectivity index (χ4v) is 9.33. The van der Waals surface area contributed by atoms with E-state index in [1.54, 1.807) is 6.08 Å². The highest BCUT2D eigenvalue weighted by molar-refractivity contribution is 5.19. The summed E-state index contributed by atoms with van der Waals surface area (Å²) in [5.74, 6) is 0. The van der Waals surface area contributed by atoms with Gasteiger partial charge >= 0.3 is 0 Å². The van der Waals surface area contributed by atoms with Gasteiger partial charge in [0.15, 0.2) is 12.6 Å². The molecule has 2 saturated heterocycles. The number of hydrogen-bond acceptors (Lipinski definition) is 11. The summed E-state index contributed by atoms with van der Waals surface area (Å²) < 4.78 is 76.4. The Kier molecular flexibility index (Phi) is 21.1. The molecule has 2 fully saturated rings. The Morgan fingerprint density at radius 3 is 0.961 bits per heavy atom. The number of hydrogen-bond donors (Lipinski definition) is 0. The topological polar surface area (TPSA) is 102 Å². The first-order valence-electron chi connectivity index (χ1n) is 26.3. The summed E-state index contributed by atoms with van der Waals surface area (Å²) in [7, 11) is 0. The minimum absolute atomic E-state index is 0.0349. The molecule has 7 aromatic carbocycles. The molecule has 11 heteroatoms. The number of ether oxygens (including phenoxy) is 11. The lowest BCUT2D eigenvalue weighted by molar-refractivity contribution is -0.355. The van der Waals surface area contributed by atoms with E-state index < -0.39 is 67.5 Å². The Labute approximate surface area is 448 Å². The van der Waals surface area contributed by atoms with E-state index >= 15 is 0 Å². The van der Waals surface area contributed by atoms with Crippen LogP contribution in [0, 0.1) is 0 Å². The van der Waals surface area contributed by atoms with E-state index in [2.05, 4.69) is 6.58 Å². The zero-order valence-corrected chi connectivity index (χ0v) is 43.2. The van der Waals surface area contributed by atoms with E-state index in [0.717, 1.165) is 38.9 Å². The standard InChI is InChI=1S/C65H70O11/c1-3-48(2)74-65-63(72-45-55-37-23-10-24-38-55)61(70-43-53-33-19-8-20-34-53)59(68-41-51-29-15-6-16-30-51)57(76-65)47-73-64-62(71-44-54-35-21-9-22-36-54)60(69-42-52-31-17-7-18-32-52)58(67-40-50-27-13-5-14-28-50)56(75-64)46-66-39-49-25-11-4-12-26-49/h3-38,48,56-65H,1,39-47H2,2H3/t48?,56-,57-,58-,59-,60+,61+,62-,63-,64+,65-/m1/s1. The van der Waals surface area contributed by atoms with Crippen LogP contribution in [0.15, 0.2) is 225 Å². The fraction of sp³-hybridized carbons (Fsp3) is 0.323. The van der Waals surface area contributed by atoms with Gasteiger partial charge in [-0.2, -0.15) is 0 Å². The van der Waals surface area contributed by atoms with Crippen molar-refractivity contribution in [3.63, 3.8) is 0 Å². The predicted molar refractivity (Wildman–Crippen MR) is 290 cm³/mol. The first-order valence-corrected chi connectivity index (χ1v) is 26.3. The summed E-state index contributed by atoms with van der Waals surface area (Å²) in [6.07, 6.45) is -6.49. The molecule has 76 heavy (non-hydrogen) atoms. The van der Waals surface area contributed by atoms with Crippen molar-refractivity contribution in [3.05, 3.63) is 264 Å². The smallest absolute Gasteiger partial charge is 0.187 e. The summed E-state index contributed by atoms with van der Waals surface area (Å²) in [5, 5.41) is 0. The van der Waals surface area contributed by atoms with Gasteiger partial charge in [-0.05, 0) is 45.9 Å². The monoisotopic (exact) mass is 1030 g/mol. The summed E-state index contributed by atoms with van der Waals surface area (Å²) in [4.78, 5) is 0. The highest BCUT2D eigenvalue weighted by Gasteiger charge is 2.52. The lowest BCUT2D eigenvalue weighted by Gasteiger charge is -2.48. The normalized spacial score (nSPS) is 23.9. The van der Waals surface area contributed by atoms with Gasteiger partial charge in [0.05, 0.1) is 65.6 Å². The molecule has 396 valence electrons. The van der Waals surface area contributed by atoms with Crippen molar-refractivity contribution in [3.8, 4) is 0 Å². The molecule has 0 spiro atoms. The molecule has 9 rings (SSSR count). The first kappa shape index (κ1) is 54.6. The van der Waals surface area contributed by atoms with Gasteiger partial charge in [0, 0.05) is 0 Å². The highest BCUT2D eigenvalue weighted by Crippen LogP contribution is 2.35. The number of benzene rings is 7. The Balaban J connectivity index is 1.07. The summed E-state index contributed by atoms with van der Waals surface area (Å²) >= 11 is 0. The van der Waals surface area contributed by atoms with E-state index in [4.69, 9.17) is 52.1 Å². The van der Waals surface area contributed by atoms with Gasteiger partial charge in [0.1, 0.15) is 48.8 Å². The van der Waals surface area contributed by atoms with Gasteiger partial charge in [-0.3, -0.25) is 0 Å². The van der Waals surface area contributed by atoms with Crippen molar-refractivity contribution >= 4 is 0 Å². The molecule has 2 heterocycles. The summed E-state index contributed by atoms with van der Waals surface area (Å²) in [6.45, 7) is 8.08. The van der Waals surface area contributed by atoms with Gasteiger partial charge in [-0.15, -0.1) is 6.58 Å². The van der Waals surface area contributed by atoms with Crippen molar-refractivity contribution in [2.75, 3.05) is 13.2 Å². The Hall–Kier alpha value is -6.16. The lowest BCUT2D eigenvalue weighted by Crippen LogP contribution is -2.64. The molecule has 0 saturated carbocycles. The maximum atomic E-state index is 7.14. The second-order valence-electron chi connectivity index (χ2n) is 19.1. The van der Waals surface area contributed by atoms with Crippen LogP contribution in [-0.4, -0.2) is 80.7 Å². The van der Waals surface area contributed by atoms with E-state index in [9.17, 15) is 0 Å². The summed E-state index contributed by atoms with van der Waals surface area (Å²) in [6, 6.07) is 70.4. The average molecular weight is 1030 g/mol. The lowest BCUT2D eigenvalue weighted by atomic mass is 9.96. The Morgan fingerprint density at radius 1 is 0.342 bits per heavy atom. The largest absolute Gasteiger partial charge is 0.374 e. The second-order valence-corrected chi connectivity index (χ2v) is 19.1. The maximum Gasteiger partial charge on any atom is 0.187 e. The van der Waals surface area contributed by atoms with Crippen molar-refractivity contribution in [2.24, 2.45) is 0 Å². The minimum atomic E-state index is -1.02. The van der Waals surface area contributed by atoms with Crippen LogP contribution in [0.1, 0.15) is 45.9 Å². The fourth-order valence-electron chi connectivity index (χ4n) is 9.33. The molecule has 0 aromatic heterocycles. The molecule has 1 unspecified atom stereocenters. The molecule has 0 N–H and O–H groups in total. The maximum absolute atomic E-state index is 7.14. The van der Waals surface area contributed by atoms with Crippen LogP contribution in [0.3, 0.4) is 0 Å². The van der Waals surface area contributed by atoms with E-state index in [1.807, 2.05) is 219 Å². The Morgan fingerprint density at radius 2 is 0.618 bits per heavy atom. The highest BCUT2D eigenvalue weighted by atomic mass is 16.8. The minimum Gasteiger partial charge on any atom is -0.374 e. The van der Waals surface area contributed by atoms with Gasteiger partial charge < -0.3 is 52.1 Å². The summed E-state index contributed by atoms with van der Waals surface area (Å²) in [5.41, 5.74) is 6.95. The number of rotatable bonds is 28. The van der Waals surface area contributed by atoms with Crippen molar-refractivity contribution < 1.29 is 52.1 Å². The van der Waals surface area contributed by atoms with Crippen molar-refractivity contribution in [2.45, 2.75) is 121 Å². The third kappa shape index (κ3) is 16.2. The average Bonchev–Trinajstić information content (AvgIpc) is 3.49. The van der Waals surface area contributed by atoms with Crippen molar-refractivity contribution in [1.29, 1.82) is 0 Å². The van der Waals surface area contributed by atoms with Crippen molar-refractivity contribution in [1.82, 2.24) is 0 Å². The SMILES string of the molecule is C=CC(C)O[C@@H]1O[C@H](CO[C@H]2O[C@H](COCc3ccccc3)[C@@H](OCc3ccccc3)[C@H](OCc3ccccc3)[C@H]2OCc2ccccc2)[C@@H](OCc2ccccc2)[C@H](OCc2ccccc2)[C@H]1OCc1ccccc1. The van der Waals surface area contributed by atoms with Crippen LogP contribution in [0.25, 0.3) is 0 Å². The molecule has 2 aliphatic heterocycles. The van der Waals surface area contributed by atoms with Gasteiger partial charge in [-0.25, -0.2) is 0 Å². The molecule has 0 amide bonds. The van der Waals surface area contributed by atoms with Gasteiger partial charge in [0.25, 0.3) is 0 Å². The first-order chi connectivity index (χ1) is 37.6.